The molecule has 0 saturated carbocycles. The Labute approximate surface area is 134 Å². The van der Waals surface area contributed by atoms with Crippen molar-refractivity contribution in [3.63, 3.8) is 0 Å². The number of halogens is 1. The molecular formula is C17H16ClN3O. The van der Waals surface area contributed by atoms with Gasteiger partial charge >= 0.3 is 6.21 Å². The van der Waals surface area contributed by atoms with Crippen LogP contribution in [-0.2, 0) is 16.6 Å². The molecule has 2 aromatic rings. The van der Waals surface area contributed by atoms with E-state index in [0.29, 0.717) is 11.4 Å². The van der Waals surface area contributed by atoms with Crippen molar-refractivity contribution >= 4 is 23.6 Å². The van der Waals surface area contributed by atoms with Crippen molar-refractivity contribution < 1.29 is 9.58 Å². The van der Waals surface area contributed by atoms with Gasteiger partial charge in [-0.3, -0.25) is 4.79 Å². The van der Waals surface area contributed by atoms with Gasteiger partial charge in [0.15, 0.2) is 0 Å². The van der Waals surface area contributed by atoms with E-state index in [1.54, 1.807) is 24.3 Å². The van der Waals surface area contributed by atoms with E-state index in [-0.39, 0.29) is 12.3 Å². The summed E-state index contributed by atoms with van der Waals surface area (Å²) in [6.45, 7) is 0.0916. The number of hydrogen-bond donors (Lipinski definition) is 1. The van der Waals surface area contributed by atoms with Crippen molar-refractivity contribution in [1.82, 2.24) is 0 Å². The number of nitrogens with two attached hydrogens (primary N) is 1. The van der Waals surface area contributed by atoms with Gasteiger partial charge in [0.05, 0.1) is 5.41 Å². The number of hydrogen-bond acceptors (Lipinski definition) is 2. The summed E-state index contributed by atoms with van der Waals surface area (Å²) in [4.78, 5) is 15.4. The average Bonchev–Trinajstić information content (AvgIpc) is 2.54. The molecule has 112 valence electrons. The molecule has 0 radical (unpaired) electrons. The normalized spacial score (nSPS) is 13.0. The summed E-state index contributed by atoms with van der Waals surface area (Å²) in [6.07, 6.45) is 1.32. The van der Waals surface area contributed by atoms with Crippen LogP contribution in [0.1, 0.15) is 11.1 Å². The van der Waals surface area contributed by atoms with Crippen LogP contribution in [0.15, 0.2) is 54.6 Å². The third kappa shape index (κ3) is 3.31. The number of carbonyl (C=O) groups is 1. The molecular weight excluding hydrogens is 298 g/mol. The lowest BCUT2D eigenvalue weighted by atomic mass is 9.72. The highest BCUT2D eigenvalue weighted by Crippen LogP contribution is 2.29. The topological polar surface area (TPSA) is 79.5 Å². The van der Waals surface area contributed by atoms with E-state index in [4.69, 9.17) is 22.9 Å². The Kier molecular flexibility index (Phi) is 5.23. The van der Waals surface area contributed by atoms with Gasteiger partial charge in [0.1, 0.15) is 0 Å². The molecule has 2 rings (SSSR count). The predicted octanol–water partition coefficient (Wildman–Crippen LogP) is 2.65. The molecule has 4 nitrogen and oxygen atoms in total. The summed E-state index contributed by atoms with van der Waals surface area (Å²) >= 11 is 5.92. The van der Waals surface area contributed by atoms with E-state index in [1.807, 2.05) is 30.3 Å². The number of nitrogens with zero attached hydrogens (tertiary/aromatic N) is 2. The van der Waals surface area contributed by atoms with Gasteiger partial charge in [-0.15, -0.1) is 0 Å². The second-order valence-corrected chi connectivity index (χ2v) is 5.50. The summed E-state index contributed by atoms with van der Waals surface area (Å²) in [5.74, 6) is -0.344. The maximum Gasteiger partial charge on any atom is 0.324 e. The zero-order valence-electron chi connectivity index (χ0n) is 11.9. The average molecular weight is 314 g/mol. The minimum absolute atomic E-state index is 0.0916. The van der Waals surface area contributed by atoms with Crippen molar-refractivity contribution in [3.8, 4) is 0 Å². The van der Waals surface area contributed by atoms with Gasteiger partial charge in [-0.1, -0.05) is 54.1 Å². The molecule has 0 saturated heterocycles. The first kappa shape index (κ1) is 16.1. The molecule has 0 fully saturated rings. The zero-order valence-corrected chi connectivity index (χ0v) is 12.7. The second-order valence-electron chi connectivity index (χ2n) is 5.06. The minimum Gasteiger partial charge on any atom is -0.361 e. The first-order valence-corrected chi connectivity index (χ1v) is 7.22. The number of rotatable bonds is 6. The van der Waals surface area contributed by atoms with Crippen LogP contribution in [0.5, 0.6) is 0 Å². The van der Waals surface area contributed by atoms with E-state index < -0.39 is 5.41 Å². The van der Waals surface area contributed by atoms with Gasteiger partial charge in [-0.2, -0.15) is 4.79 Å². The van der Waals surface area contributed by atoms with Crippen LogP contribution in [0.25, 0.3) is 5.53 Å². The molecule has 2 N–H and O–H groups in total. The van der Waals surface area contributed by atoms with Crippen LogP contribution in [-0.4, -0.2) is 23.3 Å². The van der Waals surface area contributed by atoms with Crippen molar-refractivity contribution in [2.75, 3.05) is 6.54 Å². The fraction of sp³-hybridized carbons (Fsp3) is 0.176. The fourth-order valence-corrected chi connectivity index (χ4v) is 2.64. The number of ketones is 1. The third-order valence-electron chi connectivity index (χ3n) is 3.74. The molecule has 0 aliphatic carbocycles. The summed E-state index contributed by atoms with van der Waals surface area (Å²) in [5.41, 5.74) is 15.4. The number of carbonyl (C=O) groups excluding carboxylic acids is 1. The first-order valence-electron chi connectivity index (χ1n) is 6.84. The standard InChI is InChI=1S/C17H16ClN3O/c18-15-8-6-14(7-9-15)17(12-19,16(22)11-21-20)10-13-4-2-1-3-5-13/h1-9,11H,10,12,19H2. The maximum atomic E-state index is 12.6. The highest BCUT2D eigenvalue weighted by atomic mass is 35.5. The highest BCUT2D eigenvalue weighted by Gasteiger charge is 2.40. The molecule has 0 bridgehead atoms. The molecule has 5 heteroatoms. The summed E-state index contributed by atoms with van der Waals surface area (Å²) in [5, 5.41) is 0.581. The van der Waals surface area contributed by atoms with Crippen molar-refractivity contribution in [2.24, 2.45) is 5.73 Å². The van der Waals surface area contributed by atoms with E-state index in [0.717, 1.165) is 17.3 Å². The Morgan fingerprint density at radius 3 is 2.36 bits per heavy atom. The van der Waals surface area contributed by atoms with Gasteiger partial charge in [-0.05, 0) is 29.7 Å². The molecule has 0 amide bonds. The van der Waals surface area contributed by atoms with E-state index in [1.165, 1.54) is 0 Å². The Balaban J connectivity index is 2.53. The van der Waals surface area contributed by atoms with Gasteiger partial charge in [0, 0.05) is 11.6 Å². The van der Waals surface area contributed by atoms with Crippen molar-refractivity contribution in [2.45, 2.75) is 11.8 Å². The number of benzene rings is 2. The Morgan fingerprint density at radius 2 is 1.82 bits per heavy atom. The highest BCUT2D eigenvalue weighted by molar-refractivity contribution is 6.31. The number of Topliss-reactive ketones (excluding diaryl/α,β-unsaturated/α-hetero) is 1. The van der Waals surface area contributed by atoms with Crippen LogP contribution >= 0.6 is 11.6 Å². The molecule has 22 heavy (non-hydrogen) atoms. The third-order valence-corrected chi connectivity index (χ3v) is 3.99. The fourth-order valence-electron chi connectivity index (χ4n) is 2.51. The zero-order chi connectivity index (χ0) is 16.0. The maximum absolute atomic E-state index is 12.6. The van der Waals surface area contributed by atoms with E-state index in [2.05, 4.69) is 4.79 Å². The molecule has 1 atom stereocenters. The van der Waals surface area contributed by atoms with E-state index in [9.17, 15) is 4.79 Å². The van der Waals surface area contributed by atoms with Gasteiger partial charge in [0.2, 0.25) is 5.78 Å². The van der Waals surface area contributed by atoms with Crippen LogP contribution in [0.2, 0.25) is 5.02 Å². The largest absolute Gasteiger partial charge is 0.361 e. The summed E-state index contributed by atoms with van der Waals surface area (Å²) < 4.78 is 0. The smallest absolute Gasteiger partial charge is 0.324 e. The second kappa shape index (κ2) is 7.14. The quantitative estimate of drug-likeness (QED) is 0.505. The molecule has 0 aliphatic rings. The van der Waals surface area contributed by atoms with Crippen LogP contribution in [0, 0.1) is 0 Å². The lowest BCUT2D eigenvalue weighted by molar-refractivity contribution is -0.121. The Bertz CT molecular complexity index is 694. The van der Waals surface area contributed by atoms with Crippen LogP contribution in [0.4, 0.5) is 0 Å². The monoisotopic (exact) mass is 313 g/mol. The van der Waals surface area contributed by atoms with E-state index >= 15 is 0 Å². The Hall–Kier alpha value is -2.26. The van der Waals surface area contributed by atoms with Crippen LogP contribution < -0.4 is 5.73 Å². The molecule has 1 unspecified atom stereocenters. The lowest BCUT2D eigenvalue weighted by Gasteiger charge is -2.29. The van der Waals surface area contributed by atoms with Gasteiger partial charge in [0.25, 0.3) is 0 Å². The van der Waals surface area contributed by atoms with Gasteiger partial charge in [-0.25, -0.2) is 0 Å². The lowest BCUT2D eigenvalue weighted by Crippen LogP contribution is -2.45. The molecule has 0 aliphatic heterocycles. The van der Waals surface area contributed by atoms with Crippen molar-refractivity contribution in [3.05, 3.63) is 76.3 Å². The molecule has 2 aromatic carbocycles. The SMILES string of the molecule is [N-]=[N+]=CC(=O)C(CN)(Cc1ccccc1)c1ccc(Cl)cc1. The Morgan fingerprint density at radius 1 is 1.18 bits per heavy atom. The van der Waals surface area contributed by atoms with Crippen molar-refractivity contribution in [1.29, 1.82) is 0 Å². The predicted molar refractivity (Wildman–Crippen MR) is 87.0 cm³/mol. The molecule has 0 aromatic heterocycles. The first-order chi connectivity index (χ1) is 10.6. The minimum atomic E-state index is -0.988. The van der Waals surface area contributed by atoms with Crippen LogP contribution in [0.3, 0.4) is 0 Å². The molecule has 0 spiro atoms. The summed E-state index contributed by atoms with van der Waals surface area (Å²) in [7, 11) is 0. The summed E-state index contributed by atoms with van der Waals surface area (Å²) in [6, 6.07) is 16.6. The molecule has 0 heterocycles. The van der Waals surface area contributed by atoms with Gasteiger partial charge < -0.3 is 11.3 Å².